The first kappa shape index (κ1) is 12.5. The highest BCUT2D eigenvalue weighted by Crippen LogP contribution is 2.21. The second-order valence-electron chi connectivity index (χ2n) is 3.84. The van der Waals surface area contributed by atoms with E-state index in [1.165, 1.54) is 0 Å². The molecule has 1 rings (SSSR count). The van der Waals surface area contributed by atoms with Crippen LogP contribution in [0.5, 0.6) is 0 Å². The van der Waals surface area contributed by atoms with Gasteiger partial charge in [0.1, 0.15) is 6.07 Å². The Morgan fingerprint density at radius 3 is 2.69 bits per heavy atom. The fourth-order valence-corrected chi connectivity index (χ4v) is 1.74. The lowest BCUT2D eigenvalue weighted by molar-refractivity contribution is 0.302. The van der Waals surface area contributed by atoms with E-state index in [4.69, 9.17) is 10.4 Å². The van der Waals surface area contributed by atoms with E-state index in [-0.39, 0.29) is 6.61 Å². The average molecular weight is 218 g/mol. The number of benzene rings is 1. The molecule has 0 heterocycles. The number of nitriles is 1. The van der Waals surface area contributed by atoms with Gasteiger partial charge in [-0.05, 0) is 31.0 Å². The zero-order valence-corrected chi connectivity index (χ0v) is 9.90. The van der Waals surface area contributed by atoms with Crippen molar-refractivity contribution in [3.8, 4) is 6.07 Å². The largest absolute Gasteiger partial charge is 0.395 e. The first-order chi connectivity index (χ1) is 7.72. The topological polar surface area (TPSA) is 47.3 Å². The smallest absolute Gasteiger partial charge is 0.101 e. The second kappa shape index (κ2) is 6.14. The molecule has 0 fully saturated rings. The summed E-state index contributed by atoms with van der Waals surface area (Å²) in [6.45, 7) is 5.64. The highest BCUT2D eigenvalue weighted by Gasteiger charge is 2.10. The molecule has 1 N–H and O–H groups in total. The maximum absolute atomic E-state index is 9.06. The van der Waals surface area contributed by atoms with Crippen LogP contribution < -0.4 is 4.90 Å². The summed E-state index contributed by atoms with van der Waals surface area (Å²) < 4.78 is 0. The van der Waals surface area contributed by atoms with E-state index in [0.717, 1.165) is 24.2 Å². The van der Waals surface area contributed by atoms with Crippen LogP contribution in [0.1, 0.15) is 24.5 Å². The van der Waals surface area contributed by atoms with Crippen molar-refractivity contribution < 1.29 is 5.11 Å². The van der Waals surface area contributed by atoms with Crippen LogP contribution in [-0.4, -0.2) is 24.8 Å². The number of aryl methyl sites for hydroxylation is 1. The number of anilines is 1. The van der Waals surface area contributed by atoms with Crippen molar-refractivity contribution in [1.82, 2.24) is 0 Å². The molecule has 1 aromatic carbocycles. The van der Waals surface area contributed by atoms with Crippen molar-refractivity contribution in [2.75, 3.05) is 24.6 Å². The number of hydrogen-bond acceptors (Lipinski definition) is 3. The van der Waals surface area contributed by atoms with Gasteiger partial charge in [0, 0.05) is 13.1 Å². The molecule has 0 saturated carbocycles. The molecular weight excluding hydrogens is 200 g/mol. The predicted octanol–water partition coefficient (Wildman–Crippen LogP) is 2.08. The molecule has 0 saturated heterocycles. The zero-order valence-electron chi connectivity index (χ0n) is 9.90. The van der Waals surface area contributed by atoms with Gasteiger partial charge in [-0.15, -0.1) is 0 Å². The third-order valence-electron chi connectivity index (χ3n) is 2.48. The summed E-state index contributed by atoms with van der Waals surface area (Å²) in [5.41, 5.74) is 2.74. The number of aliphatic hydroxyl groups is 1. The summed E-state index contributed by atoms with van der Waals surface area (Å²) in [5.74, 6) is 0. The minimum absolute atomic E-state index is 0.110. The van der Waals surface area contributed by atoms with Gasteiger partial charge >= 0.3 is 0 Å². The monoisotopic (exact) mass is 218 g/mol. The van der Waals surface area contributed by atoms with Crippen molar-refractivity contribution >= 4 is 5.69 Å². The van der Waals surface area contributed by atoms with Crippen LogP contribution in [0.3, 0.4) is 0 Å². The maximum atomic E-state index is 9.06. The molecule has 0 radical (unpaired) electrons. The lowest BCUT2D eigenvalue weighted by Gasteiger charge is -2.24. The van der Waals surface area contributed by atoms with Crippen LogP contribution in [0.15, 0.2) is 18.2 Å². The van der Waals surface area contributed by atoms with Gasteiger partial charge in [0.2, 0.25) is 0 Å². The fourth-order valence-electron chi connectivity index (χ4n) is 1.74. The minimum atomic E-state index is 0.110. The summed E-state index contributed by atoms with van der Waals surface area (Å²) in [4.78, 5) is 2.06. The third-order valence-corrected chi connectivity index (χ3v) is 2.48. The molecule has 86 valence electrons. The van der Waals surface area contributed by atoms with Crippen LogP contribution in [0, 0.1) is 18.3 Å². The van der Waals surface area contributed by atoms with Gasteiger partial charge in [0.15, 0.2) is 0 Å². The Morgan fingerprint density at radius 1 is 1.38 bits per heavy atom. The fraction of sp³-hybridized carbons (Fsp3) is 0.462. The summed E-state index contributed by atoms with van der Waals surface area (Å²) in [5, 5.41) is 18.1. The van der Waals surface area contributed by atoms with E-state index in [1.807, 2.05) is 25.1 Å². The molecule has 0 bridgehead atoms. The van der Waals surface area contributed by atoms with E-state index in [0.29, 0.717) is 12.1 Å². The van der Waals surface area contributed by atoms with Crippen molar-refractivity contribution in [3.63, 3.8) is 0 Å². The van der Waals surface area contributed by atoms with Crippen LogP contribution >= 0.6 is 0 Å². The van der Waals surface area contributed by atoms with Crippen LogP contribution in [0.2, 0.25) is 0 Å². The van der Waals surface area contributed by atoms with Gasteiger partial charge < -0.3 is 10.0 Å². The molecule has 0 aliphatic carbocycles. The molecule has 0 aliphatic rings. The van der Waals surface area contributed by atoms with Gasteiger partial charge in [0.25, 0.3) is 0 Å². The molecule has 3 heteroatoms. The molecular formula is C13H18N2O. The van der Waals surface area contributed by atoms with Crippen molar-refractivity contribution in [1.29, 1.82) is 5.26 Å². The minimum Gasteiger partial charge on any atom is -0.395 e. The zero-order chi connectivity index (χ0) is 12.0. The van der Waals surface area contributed by atoms with Gasteiger partial charge in [0.05, 0.1) is 17.9 Å². The standard InChI is InChI=1S/C13H18N2O/c1-3-6-15(7-8-16)13-9-11(2)4-5-12(13)10-14/h4-5,9,16H,3,6-8H2,1-2H3. The molecule has 0 atom stereocenters. The van der Waals surface area contributed by atoms with Crippen LogP contribution in [0.25, 0.3) is 0 Å². The van der Waals surface area contributed by atoms with E-state index < -0.39 is 0 Å². The molecule has 1 aromatic rings. The summed E-state index contributed by atoms with van der Waals surface area (Å²) >= 11 is 0. The first-order valence-corrected chi connectivity index (χ1v) is 5.59. The number of aliphatic hydroxyl groups excluding tert-OH is 1. The van der Waals surface area contributed by atoms with E-state index >= 15 is 0 Å². The van der Waals surface area contributed by atoms with Crippen molar-refractivity contribution in [2.24, 2.45) is 0 Å². The normalized spacial score (nSPS) is 9.88. The van der Waals surface area contributed by atoms with Gasteiger partial charge in [-0.1, -0.05) is 13.0 Å². The van der Waals surface area contributed by atoms with E-state index in [1.54, 1.807) is 0 Å². The van der Waals surface area contributed by atoms with Crippen molar-refractivity contribution in [3.05, 3.63) is 29.3 Å². The Morgan fingerprint density at radius 2 is 2.12 bits per heavy atom. The van der Waals surface area contributed by atoms with Crippen molar-refractivity contribution in [2.45, 2.75) is 20.3 Å². The maximum Gasteiger partial charge on any atom is 0.101 e. The lowest BCUT2D eigenvalue weighted by Crippen LogP contribution is -2.28. The average Bonchev–Trinajstić information content (AvgIpc) is 2.29. The Kier molecular flexibility index (Phi) is 4.81. The summed E-state index contributed by atoms with van der Waals surface area (Å²) in [6.07, 6.45) is 0.999. The number of nitrogens with zero attached hydrogens (tertiary/aromatic N) is 2. The lowest BCUT2D eigenvalue weighted by atomic mass is 10.1. The van der Waals surface area contributed by atoms with Gasteiger partial charge in [-0.2, -0.15) is 5.26 Å². The van der Waals surface area contributed by atoms with Gasteiger partial charge in [-0.25, -0.2) is 0 Å². The van der Waals surface area contributed by atoms with Gasteiger partial charge in [-0.3, -0.25) is 0 Å². The third kappa shape index (κ3) is 2.98. The number of rotatable bonds is 5. The highest BCUT2D eigenvalue weighted by molar-refractivity contribution is 5.60. The SMILES string of the molecule is CCCN(CCO)c1cc(C)ccc1C#N. The first-order valence-electron chi connectivity index (χ1n) is 5.59. The molecule has 0 aromatic heterocycles. The highest BCUT2D eigenvalue weighted by atomic mass is 16.3. The molecule has 0 unspecified atom stereocenters. The Hall–Kier alpha value is -1.53. The number of hydrogen-bond donors (Lipinski definition) is 1. The predicted molar refractivity (Wildman–Crippen MR) is 65.5 cm³/mol. The second-order valence-corrected chi connectivity index (χ2v) is 3.84. The summed E-state index contributed by atoms with van der Waals surface area (Å²) in [7, 11) is 0. The Labute approximate surface area is 96.9 Å². The quantitative estimate of drug-likeness (QED) is 0.823. The molecule has 0 spiro atoms. The molecule has 0 amide bonds. The van der Waals surface area contributed by atoms with E-state index in [9.17, 15) is 0 Å². The molecule has 0 aliphatic heterocycles. The Balaban J connectivity index is 3.06. The van der Waals surface area contributed by atoms with Crippen LogP contribution in [0.4, 0.5) is 5.69 Å². The molecule has 16 heavy (non-hydrogen) atoms. The Bertz CT molecular complexity index is 376. The van der Waals surface area contributed by atoms with E-state index in [2.05, 4.69) is 17.9 Å². The van der Waals surface area contributed by atoms with Crippen LogP contribution in [-0.2, 0) is 0 Å². The molecule has 3 nitrogen and oxygen atoms in total. The summed E-state index contributed by atoms with van der Waals surface area (Å²) in [6, 6.07) is 7.97.